The Balaban J connectivity index is 1.45. The highest BCUT2D eigenvalue weighted by molar-refractivity contribution is 6.03. The molecule has 1 heterocycles. The van der Waals surface area contributed by atoms with Crippen LogP contribution in [0.1, 0.15) is 29.5 Å². The quantitative estimate of drug-likeness (QED) is 0.934. The van der Waals surface area contributed by atoms with Crippen molar-refractivity contribution in [2.45, 2.75) is 32.6 Å². The summed E-state index contributed by atoms with van der Waals surface area (Å²) in [5.41, 5.74) is 5.54. The van der Waals surface area contributed by atoms with Crippen LogP contribution in [0.25, 0.3) is 0 Å². The van der Waals surface area contributed by atoms with Crippen LogP contribution in [0.15, 0.2) is 42.5 Å². The first-order valence-corrected chi connectivity index (χ1v) is 8.90. The number of carbonyl (C=O) groups excluding carboxylic acids is 2. The number of nitrogens with one attached hydrogen (secondary N) is 1. The molecule has 0 aromatic heterocycles. The Bertz CT molecular complexity index is 844. The zero-order valence-electron chi connectivity index (χ0n) is 14.4. The first-order valence-electron chi connectivity index (χ1n) is 8.90. The van der Waals surface area contributed by atoms with Gasteiger partial charge in [0.15, 0.2) is 0 Å². The normalized spacial score (nSPS) is 19.2. The Hall–Kier alpha value is -2.62. The van der Waals surface area contributed by atoms with Gasteiger partial charge in [0.2, 0.25) is 11.8 Å². The van der Waals surface area contributed by atoms with Crippen molar-refractivity contribution in [2.24, 2.45) is 5.92 Å². The van der Waals surface area contributed by atoms with Crippen LogP contribution in [-0.2, 0) is 22.4 Å². The summed E-state index contributed by atoms with van der Waals surface area (Å²) in [5.74, 6) is -0.359. The summed E-state index contributed by atoms with van der Waals surface area (Å²) in [7, 11) is 0. The monoisotopic (exact) mass is 334 g/mol. The fourth-order valence-electron chi connectivity index (χ4n) is 3.82. The third kappa shape index (κ3) is 3.16. The molecule has 1 aliphatic carbocycles. The van der Waals surface area contributed by atoms with Crippen molar-refractivity contribution in [2.75, 3.05) is 16.8 Å². The van der Waals surface area contributed by atoms with E-state index in [1.807, 2.05) is 37.3 Å². The van der Waals surface area contributed by atoms with Gasteiger partial charge in [-0.05, 0) is 67.1 Å². The van der Waals surface area contributed by atoms with Gasteiger partial charge in [-0.2, -0.15) is 0 Å². The average molecular weight is 334 g/mol. The van der Waals surface area contributed by atoms with Crippen LogP contribution >= 0.6 is 0 Å². The molecule has 0 saturated carbocycles. The van der Waals surface area contributed by atoms with Crippen molar-refractivity contribution >= 4 is 23.2 Å². The fraction of sp³-hybridized carbons (Fsp3) is 0.333. The molecule has 4 heteroatoms. The molecule has 1 aliphatic heterocycles. The number of amides is 2. The van der Waals surface area contributed by atoms with E-state index in [1.165, 1.54) is 17.5 Å². The first-order chi connectivity index (χ1) is 12.1. The summed E-state index contributed by atoms with van der Waals surface area (Å²) in [6.07, 6.45) is 3.67. The summed E-state index contributed by atoms with van der Waals surface area (Å²) in [5, 5.41) is 3.00. The molecule has 1 fully saturated rings. The van der Waals surface area contributed by atoms with Gasteiger partial charge in [-0.25, -0.2) is 0 Å². The highest BCUT2D eigenvalue weighted by atomic mass is 16.2. The van der Waals surface area contributed by atoms with Crippen molar-refractivity contribution in [3.63, 3.8) is 0 Å². The SMILES string of the molecule is Cc1cccc(N2CC(C(=O)Nc3ccc4c(c3)CCC4)CC2=O)c1. The molecule has 2 aromatic carbocycles. The molecule has 4 rings (SSSR count). The van der Waals surface area contributed by atoms with Crippen LogP contribution < -0.4 is 10.2 Å². The van der Waals surface area contributed by atoms with Crippen LogP contribution in [0.3, 0.4) is 0 Å². The van der Waals surface area contributed by atoms with Gasteiger partial charge in [0, 0.05) is 24.3 Å². The van der Waals surface area contributed by atoms with Gasteiger partial charge in [0.05, 0.1) is 5.92 Å². The molecule has 2 aromatic rings. The lowest BCUT2D eigenvalue weighted by atomic mass is 10.1. The molecule has 25 heavy (non-hydrogen) atoms. The van der Waals surface area contributed by atoms with Gasteiger partial charge in [-0.1, -0.05) is 18.2 Å². The summed E-state index contributed by atoms with van der Waals surface area (Å²) >= 11 is 0. The van der Waals surface area contributed by atoms with Crippen LogP contribution in [0.5, 0.6) is 0 Å². The number of benzene rings is 2. The van der Waals surface area contributed by atoms with Crippen LogP contribution in [-0.4, -0.2) is 18.4 Å². The van der Waals surface area contributed by atoms with E-state index in [1.54, 1.807) is 4.90 Å². The first kappa shape index (κ1) is 15.9. The molecule has 1 atom stereocenters. The van der Waals surface area contributed by atoms with Gasteiger partial charge in [0.1, 0.15) is 0 Å². The molecule has 128 valence electrons. The van der Waals surface area contributed by atoms with E-state index in [9.17, 15) is 9.59 Å². The lowest BCUT2D eigenvalue weighted by Crippen LogP contribution is -2.28. The maximum Gasteiger partial charge on any atom is 0.229 e. The molecule has 0 bridgehead atoms. The minimum absolute atomic E-state index is 0.0136. The number of anilines is 2. The highest BCUT2D eigenvalue weighted by Gasteiger charge is 2.35. The van der Waals surface area contributed by atoms with Crippen molar-refractivity contribution < 1.29 is 9.59 Å². The zero-order chi connectivity index (χ0) is 17.4. The molecule has 4 nitrogen and oxygen atoms in total. The lowest BCUT2D eigenvalue weighted by molar-refractivity contribution is -0.122. The maximum absolute atomic E-state index is 12.6. The van der Waals surface area contributed by atoms with Crippen molar-refractivity contribution in [3.8, 4) is 0 Å². The second-order valence-corrected chi connectivity index (χ2v) is 7.07. The Morgan fingerprint density at radius 1 is 1.12 bits per heavy atom. The number of fused-ring (bicyclic) bond motifs is 1. The predicted molar refractivity (Wildman–Crippen MR) is 98.7 cm³/mol. The van der Waals surface area contributed by atoms with E-state index >= 15 is 0 Å². The van der Waals surface area contributed by atoms with Crippen LogP contribution in [0, 0.1) is 12.8 Å². The van der Waals surface area contributed by atoms with Gasteiger partial charge in [-0.3, -0.25) is 9.59 Å². The smallest absolute Gasteiger partial charge is 0.229 e. The lowest BCUT2D eigenvalue weighted by Gasteiger charge is -2.17. The third-order valence-corrected chi connectivity index (χ3v) is 5.18. The number of hydrogen-bond acceptors (Lipinski definition) is 2. The van der Waals surface area contributed by atoms with Crippen LogP contribution in [0.4, 0.5) is 11.4 Å². The van der Waals surface area contributed by atoms with Crippen LogP contribution in [0.2, 0.25) is 0 Å². The molecule has 1 saturated heterocycles. The van der Waals surface area contributed by atoms with E-state index in [-0.39, 0.29) is 24.2 Å². The summed E-state index contributed by atoms with van der Waals surface area (Å²) in [4.78, 5) is 26.7. The Kier molecular flexibility index (Phi) is 4.04. The molecule has 0 radical (unpaired) electrons. The molecular formula is C21H22N2O2. The average Bonchev–Trinajstić information content (AvgIpc) is 3.20. The van der Waals surface area contributed by atoms with E-state index < -0.39 is 0 Å². The second kappa shape index (κ2) is 6.36. The van der Waals surface area contributed by atoms with E-state index in [4.69, 9.17) is 0 Å². The molecular weight excluding hydrogens is 312 g/mol. The molecule has 1 N–H and O–H groups in total. The summed E-state index contributed by atoms with van der Waals surface area (Å²) in [6.45, 7) is 2.45. The molecule has 2 amide bonds. The summed E-state index contributed by atoms with van der Waals surface area (Å²) in [6, 6.07) is 14.0. The highest BCUT2D eigenvalue weighted by Crippen LogP contribution is 2.28. The minimum Gasteiger partial charge on any atom is -0.326 e. The second-order valence-electron chi connectivity index (χ2n) is 7.07. The van der Waals surface area contributed by atoms with Gasteiger partial charge < -0.3 is 10.2 Å². The number of aryl methyl sites for hydroxylation is 3. The Morgan fingerprint density at radius 2 is 1.96 bits per heavy atom. The van der Waals surface area contributed by atoms with Crippen molar-refractivity contribution in [1.29, 1.82) is 0 Å². The molecule has 1 unspecified atom stereocenters. The van der Waals surface area contributed by atoms with Gasteiger partial charge in [-0.15, -0.1) is 0 Å². The fourth-order valence-corrected chi connectivity index (χ4v) is 3.82. The molecule has 2 aliphatic rings. The number of nitrogens with zero attached hydrogens (tertiary/aromatic N) is 1. The number of hydrogen-bond donors (Lipinski definition) is 1. The summed E-state index contributed by atoms with van der Waals surface area (Å²) < 4.78 is 0. The largest absolute Gasteiger partial charge is 0.326 e. The van der Waals surface area contributed by atoms with Gasteiger partial charge in [0.25, 0.3) is 0 Å². The third-order valence-electron chi connectivity index (χ3n) is 5.18. The number of rotatable bonds is 3. The standard InChI is InChI=1S/C21H22N2O2/c1-14-4-2-7-19(10-14)23-13-17(12-20(23)24)21(25)22-18-9-8-15-5-3-6-16(15)11-18/h2,4,7-11,17H,3,5-6,12-13H2,1H3,(H,22,25). The Labute approximate surface area is 147 Å². The van der Waals surface area contributed by atoms with E-state index in [2.05, 4.69) is 17.4 Å². The van der Waals surface area contributed by atoms with Gasteiger partial charge >= 0.3 is 0 Å². The Morgan fingerprint density at radius 3 is 2.80 bits per heavy atom. The maximum atomic E-state index is 12.6. The number of carbonyl (C=O) groups is 2. The predicted octanol–water partition coefficient (Wildman–Crippen LogP) is 3.48. The zero-order valence-corrected chi connectivity index (χ0v) is 14.4. The molecule has 0 spiro atoms. The van der Waals surface area contributed by atoms with Crippen molar-refractivity contribution in [3.05, 3.63) is 59.2 Å². The van der Waals surface area contributed by atoms with E-state index in [0.29, 0.717) is 6.54 Å². The minimum atomic E-state index is -0.304. The van der Waals surface area contributed by atoms with Crippen molar-refractivity contribution in [1.82, 2.24) is 0 Å². The topological polar surface area (TPSA) is 49.4 Å². The van der Waals surface area contributed by atoms with E-state index in [0.717, 1.165) is 29.8 Å².